The maximum atomic E-state index is 12.3. The Morgan fingerprint density at radius 3 is 2.25 bits per heavy atom. The van der Waals surface area contributed by atoms with Crippen LogP contribution in [0.1, 0.15) is 10.1 Å². The van der Waals surface area contributed by atoms with Crippen molar-refractivity contribution >= 4 is 35.1 Å². The zero-order valence-corrected chi connectivity index (χ0v) is 17.7. The molecule has 8 heteroatoms. The first kappa shape index (κ1) is 20.5. The Morgan fingerprint density at radius 2 is 1.64 bits per heavy atom. The summed E-state index contributed by atoms with van der Waals surface area (Å²) in [4.78, 5) is 12.3. The fourth-order valence-corrected chi connectivity index (χ4v) is 5.56. The van der Waals surface area contributed by atoms with Crippen LogP contribution in [0.4, 0.5) is 5.69 Å². The molecule has 2 aromatic rings. The van der Waals surface area contributed by atoms with Gasteiger partial charge in [-0.25, -0.2) is 0 Å². The summed E-state index contributed by atoms with van der Waals surface area (Å²) < 4.78 is 22.0. The lowest BCUT2D eigenvalue weighted by Gasteiger charge is -2.15. The van der Waals surface area contributed by atoms with Crippen LogP contribution < -0.4 is 24.3 Å². The Labute approximate surface area is 173 Å². The van der Waals surface area contributed by atoms with Crippen molar-refractivity contribution in [1.82, 2.24) is 0 Å². The minimum atomic E-state index is -0.289. The third kappa shape index (κ3) is 5.20. The van der Waals surface area contributed by atoms with E-state index in [1.807, 2.05) is 41.7 Å². The molecular formula is C20H23NO5S2. The number of hydrogen-bond acceptors (Lipinski definition) is 7. The molecule has 1 heterocycles. The lowest BCUT2D eigenvalue weighted by atomic mass is 10.2. The highest BCUT2D eigenvalue weighted by Crippen LogP contribution is 2.46. The highest BCUT2D eigenvalue weighted by atomic mass is 32.2. The number of anilines is 1. The van der Waals surface area contributed by atoms with E-state index in [1.165, 1.54) is 5.56 Å². The smallest absolute Gasteiger partial charge is 0.262 e. The molecule has 1 saturated heterocycles. The number of rotatable bonds is 8. The van der Waals surface area contributed by atoms with Crippen molar-refractivity contribution in [3.63, 3.8) is 0 Å². The summed E-state index contributed by atoms with van der Waals surface area (Å²) in [5.41, 5.74) is 1.77. The molecule has 0 bridgehead atoms. The molecule has 3 rings (SSSR count). The largest absolute Gasteiger partial charge is 0.497 e. The summed E-state index contributed by atoms with van der Waals surface area (Å²) in [6, 6.07) is 11.0. The van der Waals surface area contributed by atoms with Crippen LogP contribution in [0.5, 0.6) is 23.0 Å². The van der Waals surface area contributed by atoms with E-state index in [9.17, 15) is 4.79 Å². The van der Waals surface area contributed by atoms with Gasteiger partial charge in [-0.15, -0.1) is 23.5 Å². The molecule has 6 nitrogen and oxygen atoms in total. The number of hydrogen-bond donors (Lipinski definition) is 1. The Kier molecular flexibility index (Phi) is 7.22. The van der Waals surface area contributed by atoms with Gasteiger partial charge in [0.1, 0.15) is 11.5 Å². The molecule has 0 unspecified atom stereocenters. The van der Waals surface area contributed by atoms with Crippen LogP contribution in [-0.4, -0.2) is 45.3 Å². The summed E-state index contributed by atoms with van der Waals surface area (Å²) in [6.07, 6.45) is 0. The van der Waals surface area contributed by atoms with Gasteiger partial charge in [0.25, 0.3) is 5.91 Å². The number of benzene rings is 2. The van der Waals surface area contributed by atoms with Crippen molar-refractivity contribution in [2.24, 2.45) is 0 Å². The Hall–Kier alpha value is -2.19. The van der Waals surface area contributed by atoms with Crippen LogP contribution in [0.2, 0.25) is 0 Å². The van der Waals surface area contributed by atoms with E-state index < -0.39 is 0 Å². The molecule has 2 aromatic carbocycles. The Balaban J connectivity index is 1.62. The molecule has 0 radical (unpaired) electrons. The molecule has 1 fully saturated rings. The molecular weight excluding hydrogens is 398 g/mol. The van der Waals surface area contributed by atoms with Crippen LogP contribution in [0, 0.1) is 0 Å². The SMILES string of the molecule is COc1cc(NC(=O)COc2ccc(C3SCCS3)cc2OC)cc(OC)c1. The lowest BCUT2D eigenvalue weighted by Crippen LogP contribution is -2.20. The van der Waals surface area contributed by atoms with Gasteiger partial charge < -0.3 is 24.3 Å². The average Bonchev–Trinajstić information content (AvgIpc) is 3.26. The predicted octanol–water partition coefficient (Wildman–Crippen LogP) is 4.21. The van der Waals surface area contributed by atoms with Crippen molar-refractivity contribution in [3.05, 3.63) is 42.0 Å². The Morgan fingerprint density at radius 1 is 0.964 bits per heavy atom. The van der Waals surface area contributed by atoms with Gasteiger partial charge in [0.2, 0.25) is 0 Å². The topological polar surface area (TPSA) is 66.0 Å². The molecule has 0 saturated carbocycles. The minimum absolute atomic E-state index is 0.137. The Bertz CT molecular complexity index is 802. The van der Waals surface area contributed by atoms with E-state index in [0.29, 0.717) is 33.3 Å². The van der Waals surface area contributed by atoms with Crippen molar-refractivity contribution in [2.45, 2.75) is 4.58 Å². The van der Waals surface area contributed by atoms with E-state index in [0.717, 1.165) is 11.5 Å². The van der Waals surface area contributed by atoms with Gasteiger partial charge in [-0.05, 0) is 17.7 Å². The van der Waals surface area contributed by atoms with Crippen LogP contribution in [0.25, 0.3) is 0 Å². The molecule has 0 aliphatic carbocycles. The maximum absolute atomic E-state index is 12.3. The first-order valence-electron chi connectivity index (χ1n) is 8.70. The molecule has 28 heavy (non-hydrogen) atoms. The van der Waals surface area contributed by atoms with Crippen molar-refractivity contribution < 1.29 is 23.7 Å². The highest BCUT2D eigenvalue weighted by molar-refractivity contribution is 8.19. The monoisotopic (exact) mass is 421 g/mol. The van der Waals surface area contributed by atoms with E-state index >= 15 is 0 Å². The van der Waals surface area contributed by atoms with Crippen LogP contribution in [0.3, 0.4) is 0 Å². The van der Waals surface area contributed by atoms with E-state index in [-0.39, 0.29) is 12.5 Å². The second-order valence-corrected chi connectivity index (χ2v) is 8.65. The summed E-state index contributed by atoms with van der Waals surface area (Å²) in [7, 11) is 4.72. The lowest BCUT2D eigenvalue weighted by molar-refractivity contribution is -0.118. The minimum Gasteiger partial charge on any atom is -0.497 e. The van der Waals surface area contributed by atoms with Gasteiger partial charge >= 0.3 is 0 Å². The number of nitrogens with one attached hydrogen (secondary N) is 1. The van der Waals surface area contributed by atoms with E-state index in [2.05, 4.69) is 5.32 Å². The van der Waals surface area contributed by atoms with E-state index in [1.54, 1.807) is 39.5 Å². The molecule has 1 aliphatic rings. The van der Waals surface area contributed by atoms with Crippen LogP contribution in [-0.2, 0) is 4.79 Å². The first-order valence-corrected chi connectivity index (χ1v) is 10.8. The summed E-state index contributed by atoms with van der Waals surface area (Å²) in [6.45, 7) is -0.137. The van der Waals surface area contributed by atoms with Gasteiger partial charge in [-0.3, -0.25) is 4.79 Å². The third-order valence-electron chi connectivity index (χ3n) is 4.08. The number of ether oxygens (including phenoxy) is 4. The van der Waals surface area contributed by atoms with Crippen molar-refractivity contribution in [2.75, 3.05) is 44.8 Å². The number of methoxy groups -OCH3 is 3. The highest BCUT2D eigenvalue weighted by Gasteiger charge is 2.20. The van der Waals surface area contributed by atoms with Gasteiger partial charge in [0.05, 0.1) is 25.9 Å². The summed E-state index contributed by atoms with van der Waals surface area (Å²) in [5.74, 6) is 4.38. The molecule has 1 amide bonds. The quantitative estimate of drug-likeness (QED) is 0.685. The average molecular weight is 422 g/mol. The van der Waals surface area contributed by atoms with Crippen LogP contribution >= 0.6 is 23.5 Å². The van der Waals surface area contributed by atoms with Crippen molar-refractivity contribution in [1.29, 1.82) is 0 Å². The standard InChI is InChI=1S/C20H23NO5S2/c1-23-15-9-14(10-16(11-15)24-2)21-19(22)12-26-17-5-4-13(8-18(17)25-3)20-27-6-7-28-20/h4-5,8-11,20H,6-7,12H2,1-3H3,(H,21,22). The summed E-state index contributed by atoms with van der Waals surface area (Å²) in [5, 5.41) is 2.78. The van der Waals surface area contributed by atoms with Crippen molar-refractivity contribution in [3.8, 4) is 23.0 Å². The fraction of sp³-hybridized carbons (Fsp3) is 0.350. The second-order valence-electron chi connectivity index (χ2n) is 5.92. The van der Waals surface area contributed by atoms with Gasteiger partial charge in [-0.1, -0.05) is 6.07 Å². The van der Waals surface area contributed by atoms with Gasteiger partial charge in [0, 0.05) is 35.4 Å². The number of carbonyl (C=O) groups is 1. The number of amides is 1. The predicted molar refractivity (Wildman–Crippen MR) is 114 cm³/mol. The van der Waals surface area contributed by atoms with Gasteiger partial charge in [-0.2, -0.15) is 0 Å². The van der Waals surface area contributed by atoms with Gasteiger partial charge in [0.15, 0.2) is 18.1 Å². The molecule has 0 atom stereocenters. The van der Waals surface area contributed by atoms with E-state index in [4.69, 9.17) is 18.9 Å². The first-order chi connectivity index (χ1) is 13.6. The summed E-state index contributed by atoms with van der Waals surface area (Å²) >= 11 is 3.86. The number of thioether (sulfide) groups is 2. The number of carbonyl (C=O) groups excluding carboxylic acids is 1. The molecule has 1 aliphatic heterocycles. The third-order valence-corrected chi connectivity index (χ3v) is 7.18. The second kappa shape index (κ2) is 9.84. The van der Waals surface area contributed by atoms with Crippen LogP contribution in [0.15, 0.2) is 36.4 Å². The molecule has 0 aromatic heterocycles. The zero-order valence-electron chi connectivity index (χ0n) is 16.0. The molecule has 150 valence electrons. The maximum Gasteiger partial charge on any atom is 0.262 e. The normalized spacial score (nSPS) is 13.8. The zero-order chi connectivity index (χ0) is 19.9. The molecule has 1 N–H and O–H groups in total. The molecule has 0 spiro atoms. The fourth-order valence-electron chi connectivity index (χ4n) is 2.72.